The lowest BCUT2D eigenvalue weighted by Crippen LogP contribution is -2.41. The summed E-state index contributed by atoms with van der Waals surface area (Å²) in [5, 5.41) is 9.45. The molecule has 0 spiro atoms. The topological polar surface area (TPSA) is 32.3 Å². The van der Waals surface area contributed by atoms with E-state index in [1.54, 1.807) is 0 Å². The fraction of sp³-hybridized carbons (Fsp3) is 0.500. The average molecular weight is 282 g/mol. The van der Waals surface area contributed by atoms with Gasteiger partial charge in [0.2, 0.25) is 0 Å². The van der Waals surface area contributed by atoms with Gasteiger partial charge < -0.3 is 5.11 Å². The largest absolute Gasteiger partial charge is 0.384 e. The lowest BCUT2D eigenvalue weighted by atomic mass is 9.91. The minimum Gasteiger partial charge on any atom is -0.384 e. The van der Waals surface area contributed by atoms with Crippen LogP contribution in [0.5, 0.6) is 0 Å². The van der Waals surface area contributed by atoms with Gasteiger partial charge in [0.15, 0.2) is 0 Å². The number of nitrogens with one attached hydrogen (secondary N) is 1. The van der Waals surface area contributed by atoms with Gasteiger partial charge in [0.05, 0.1) is 5.56 Å². The van der Waals surface area contributed by atoms with E-state index in [-0.39, 0.29) is 5.56 Å². The van der Waals surface area contributed by atoms with Gasteiger partial charge in [0.1, 0.15) is 11.4 Å². The second kappa shape index (κ2) is 5.07. The van der Waals surface area contributed by atoms with Crippen LogP contribution in [0.3, 0.4) is 0 Å². The minimum absolute atomic E-state index is 0.0198. The van der Waals surface area contributed by atoms with Crippen molar-refractivity contribution in [1.82, 2.24) is 4.84 Å². The summed E-state index contributed by atoms with van der Waals surface area (Å²) in [5.41, 5.74) is -3.18. The van der Waals surface area contributed by atoms with Crippen LogP contribution in [-0.4, -0.2) is 10.7 Å². The van der Waals surface area contributed by atoms with E-state index in [2.05, 4.69) is 4.84 Å². The van der Waals surface area contributed by atoms with Crippen LogP contribution >= 0.6 is 11.8 Å². The molecule has 0 heterocycles. The smallest absolute Gasteiger partial charge is 0.303 e. The molecule has 6 heteroatoms. The first-order valence-electron chi connectivity index (χ1n) is 5.38. The van der Waals surface area contributed by atoms with Crippen molar-refractivity contribution in [1.29, 1.82) is 0 Å². The van der Waals surface area contributed by atoms with Gasteiger partial charge in [-0.1, -0.05) is 12.1 Å². The Kier molecular flexibility index (Phi) is 4.30. The van der Waals surface area contributed by atoms with E-state index in [1.807, 2.05) is 0 Å². The summed E-state index contributed by atoms with van der Waals surface area (Å²) in [6, 6.07) is 3.00. The predicted octanol–water partition coefficient (Wildman–Crippen LogP) is 3.49. The van der Waals surface area contributed by atoms with E-state index in [0.717, 1.165) is 19.9 Å². The third-order valence-electron chi connectivity index (χ3n) is 2.77. The Bertz CT molecular complexity index is 432. The van der Waals surface area contributed by atoms with Crippen LogP contribution in [0.1, 0.15) is 37.9 Å². The number of halogens is 4. The van der Waals surface area contributed by atoms with Gasteiger partial charge in [-0.3, -0.25) is 0 Å². The van der Waals surface area contributed by atoms with Crippen molar-refractivity contribution in [3.8, 4) is 0 Å². The average Bonchev–Trinajstić information content (AvgIpc) is 2.26. The Morgan fingerprint density at radius 2 is 1.89 bits per heavy atom. The van der Waals surface area contributed by atoms with Crippen LogP contribution in [0.4, 0.5) is 13.2 Å². The van der Waals surface area contributed by atoms with E-state index in [1.165, 1.54) is 19.1 Å². The van der Waals surface area contributed by atoms with Gasteiger partial charge in [-0.25, -0.2) is 9.23 Å². The molecule has 0 radical (unpaired) electrons. The number of hydrogen-bond acceptors (Lipinski definition) is 2. The zero-order chi connectivity index (χ0) is 14.1. The van der Waals surface area contributed by atoms with E-state index in [9.17, 15) is 18.3 Å². The van der Waals surface area contributed by atoms with Gasteiger partial charge in [-0.05, 0) is 38.6 Å². The molecule has 1 rings (SSSR count). The first kappa shape index (κ1) is 15.3. The van der Waals surface area contributed by atoms with E-state index < -0.39 is 28.9 Å². The number of rotatable bonds is 4. The highest BCUT2D eigenvalue weighted by atomic mass is 35.5. The van der Waals surface area contributed by atoms with Crippen molar-refractivity contribution in [3.63, 3.8) is 0 Å². The lowest BCUT2D eigenvalue weighted by molar-refractivity contribution is -0.170. The molecular weight excluding hydrogens is 267 g/mol. The minimum atomic E-state index is -3.70. The normalized spacial score (nSPS) is 14.7. The second-order valence-corrected chi connectivity index (χ2v) is 4.89. The number of hydrogen-bond donors (Lipinski definition) is 2. The highest BCUT2D eigenvalue weighted by Gasteiger charge is 2.49. The molecule has 0 unspecified atom stereocenters. The Balaban J connectivity index is 3.36. The summed E-state index contributed by atoms with van der Waals surface area (Å²) >= 11 is 5.36. The van der Waals surface area contributed by atoms with Crippen LogP contribution in [0, 0.1) is 5.82 Å². The van der Waals surface area contributed by atoms with Crippen molar-refractivity contribution in [2.75, 3.05) is 0 Å². The zero-order valence-electron chi connectivity index (χ0n) is 10.3. The fourth-order valence-corrected chi connectivity index (χ4v) is 1.63. The standard InChI is InChI=1S/C12H15ClF3NO/c1-7(17-13)8-5-4-6-9(10(8)14)12(15,16)11(2,3)18/h4-7,17-18H,1-3H3/t7-/m1/s1. The fourth-order valence-electron chi connectivity index (χ4n) is 1.52. The van der Waals surface area contributed by atoms with Crippen LogP contribution < -0.4 is 4.84 Å². The van der Waals surface area contributed by atoms with Crippen LogP contribution in [0.25, 0.3) is 0 Å². The molecule has 0 fully saturated rings. The molecule has 0 amide bonds. The highest BCUT2D eigenvalue weighted by Crippen LogP contribution is 2.41. The highest BCUT2D eigenvalue weighted by molar-refractivity contribution is 6.13. The van der Waals surface area contributed by atoms with E-state index in [0.29, 0.717) is 0 Å². The Hall–Kier alpha value is -0.780. The van der Waals surface area contributed by atoms with Gasteiger partial charge in [0.25, 0.3) is 0 Å². The predicted molar refractivity (Wildman–Crippen MR) is 64.0 cm³/mol. The van der Waals surface area contributed by atoms with Gasteiger partial charge in [-0.15, -0.1) is 0 Å². The molecule has 102 valence electrons. The lowest BCUT2D eigenvalue weighted by Gasteiger charge is -2.30. The molecule has 0 saturated carbocycles. The van der Waals surface area contributed by atoms with Crippen molar-refractivity contribution >= 4 is 11.8 Å². The second-order valence-electron chi connectivity index (χ2n) is 4.67. The van der Waals surface area contributed by atoms with Crippen molar-refractivity contribution in [2.24, 2.45) is 0 Å². The van der Waals surface area contributed by atoms with Crippen LogP contribution in [-0.2, 0) is 5.92 Å². The molecule has 2 N–H and O–H groups in total. The molecule has 1 atom stereocenters. The molecule has 0 aliphatic heterocycles. The van der Waals surface area contributed by atoms with Gasteiger partial charge in [-0.2, -0.15) is 8.78 Å². The molecular formula is C12H15ClF3NO. The number of aliphatic hydroxyl groups is 1. The van der Waals surface area contributed by atoms with Crippen molar-refractivity contribution < 1.29 is 18.3 Å². The number of benzene rings is 1. The summed E-state index contributed by atoms with van der Waals surface area (Å²) in [7, 11) is 0. The molecule has 18 heavy (non-hydrogen) atoms. The summed E-state index contributed by atoms with van der Waals surface area (Å²) in [6.07, 6.45) is 0. The van der Waals surface area contributed by atoms with Crippen LogP contribution in [0.15, 0.2) is 18.2 Å². The molecule has 0 bridgehead atoms. The molecule has 0 aliphatic carbocycles. The van der Waals surface area contributed by atoms with Gasteiger partial charge in [0, 0.05) is 11.6 Å². The summed E-state index contributed by atoms with van der Waals surface area (Å²) in [5.74, 6) is -4.76. The number of alkyl halides is 2. The Labute approximate surface area is 109 Å². The molecule has 0 aromatic heterocycles. The molecule has 2 nitrogen and oxygen atoms in total. The SMILES string of the molecule is C[C@@H](NCl)c1cccc(C(F)(F)C(C)(C)O)c1F. The maximum atomic E-state index is 14.0. The zero-order valence-corrected chi connectivity index (χ0v) is 11.0. The van der Waals surface area contributed by atoms with E-state index >= 15 is 0 Å². The van der Waals surface area contributed by atoms with Crippen LogP contribution in [0.2, 0.25) is 0 Å². The van der Waals surface area contributed by atoms with Gasteiger partial charge >= 0.3 is 5.92 Å². The first-order valence-corrected chi connectivity index (χ1v) is 5.76. The maximum Gasteiger partial charge on any atom is 0.303 e. The summed E-state index contributed by atoms with van der Waals surface area (Å²) < 4.78 is 41.9. The third kappa shape index (κ3) is 2.63. The Morgan fingerprint density at radius 3 is 2.33 bits per heavy atom. The summed E-state index contributed by atoms with van der Waals surface area (Å²) in [4.78, 5) is 2.26. The first-order chi connectivity index (χ1) is 8.13. The molecule has 0 saturated heterocycles. The molecule has 1 aromatic rings. The molecule has 0 aliphatic rings. The van der Waals surface area contributed by atoms with E-state index in [4.69, 9.17) is 11.8 Å². The third-order valence-corrected chi connectivity index (χ3v) is 3.09. The van der Waals surface area contributed by atoms with Crippen molar-refractivity contribution in [2.45, 2.75) is 38.3 Å². The summed E-state index contributed by atoms with van der Waals surface area (Å²) in [6.45, 7) is 3.40. The Morgan fingerprint density at radius 1 is 1.33 bits per heavy atom. The monoisotopic (exact) mass is 281 g/mol. The molecule has 1 aromatic carbocycles. The van der Waals surface area contributed by atoms with Crippen molar-refractivity contribution in [3.05, 3.63) is 35.1 Å². The quantitative estimate of drug-likeness (QED) is 0.828. The maximum absolute atomic E-state index is 14.0.